The third-order valence-corrected chi connectivity index (χ3v) is 5.07. The van der Waals surface area contributed by atoms with Gasteiger partial charge < -0.3 is 11.1 Å². The Morgan fingerprint density at radius 3 is 2.52 bits per heavy atom. The molecule has 0 saturated heterocycles. The molecule has 1 heterocycles. The predicted octanol–water partition coefficient (Wildman–Crippen LogP) is 3.93. The van der Waals surface area contributed by atoms with Crippen LogP contribution in [0.15, 0.2) is 18.2 Å². The van der Waals surface area contributed by atoms with Crippen LogP contribution in [-0.4, -0.2) is 5.91 Å². The standard InChI is InChI=1S/C18H26N2O/c19-18(13-6-4-2-1-3-5-7-13)15-8-10-16-14(12-15)9-11-17(21)20-16/h8,10,12-13,18H,1-7,9,11,19H2,(H,20,21). The number of rotatable bonds is 2. The molecule has 0 bridgehead atoms. The first-order valence-electron chi connectivity index (χ1n) is 8.42. The van der Waals surface area contributed by atoms with E-state index in [9.17, 15) is 4.79 Å². The van der Waals surface area contributed by atoms with Gasteiger partial charge in [0.15, 0.2) is 0 Å². The topological polar surface area (TPSA) is 55.1 Å². The summed E-state index contributed by atoms with van der Waals surface area (Å²) in [6.07, 6.45) is 10.7. The summed E-state index contributed by atoms with van der Waals surface area (Å²) >= 11 is 0. The fourth-order valence-electron chi connectivity index (χ4n) is 3.73. The number of hydrogen-bond donors (Lipinski definition) is 2. The van der Waals surface area contributed by atoms with Crippen LogP contribution in [0.3, 0.4) is 0 Å². The van der Waals surface area contributed by atoms with E-state index in [2.05, 4.69) is 17.4 Å². The first kappa shape index (κ1) is 14.6. The smallest absolute Gasteiger partial charge is 0.224 e. The van der Waals surface area contributed by atoms with Gasteiger partial charge in [0, 0.05) is 18.2 Å². The van der Waals surface area contributed by atoms with Crippen molar-refractivity contribution in [2.45, 2.75) is 63.8 Å². The van der Waals surface area contributed by atoms with Crippen LogP contribution in [0.2, 0.25) is 0 Å². The summed E-state index contributed by atoms with van der Waals surface area (Å²) < 4.78 is 0. The summed E-state index contributed by atoms with van der Waals surface area (Å²) in [4.78, 5) is 11.4. The molecular formula is C18H26N2O. The van der Waals surface area contributed by atoms with Crippen LogP contribution in [0.25, 0.3) is 0 Å². The average molecular weight is 286 g/mol. The fourth-order valence-corrected chi connectivity index (χ4v) is 3.73. The summed E-state index contributed by atoms with van der Waals surface area (Å²) in [6.45, 7) is 0. The predicted molar refractivity (Wildman–Crippen MR) is 86.1 cm³/mol. The van der Waals surface area contributed by atoms with Crippen LogP contribution < -0.4 is 11.1 Å². The molecule has 1 fully saturated rings. The van der Waals surface area contributed by atoms with Crippen molar-refractivity contribution < 1.29 is 4.79 Å². The molecule has 1 aromatic carbocycles. The van der Waals surface area contributed by atoms with Crippen molar-refractivity contribution in [3.8, 4) is 0 Å². The van der Waals surface area contributed by atoms with E-state index < -0.39 is 0 Å². The average Bonchev–Trinajstić information content (AvgIpc) is 2.46. The van der Waals surface area contributed by atoms with E-state index in [0.717, 1.165) is 12.1 Å². The van der Waals surface area contributed by atoms with E-state index in [1.807, 2.05) is 6.07 Å². The Hall–Kier alpha value is -1.35. The minimum atomic E-state index is 0.125. The number of aryl methyl sites for hydroxylation is 1. The highest BCUT2D eigenvalue weighted by Crippen LogP contribution is 2.33. The molecule has 0 spiro atoms. The lowest BCUT2D eigenvalue weighted by molar-refractivity contribution is -0.116. The molecule has 1 saturated carbocycles. The highest BCUT2D eigenvalue weighted by atomic mass is 16.1. The second kappa shape index (κ2) is 6.61. The summed E-state index contributed by atoms with van der Waals surface area (Å²) in [6, 6.07) is 6.50. The maximum Gasteiger partial charge on any atom is 0.224 e. The Morgan fingerprint density at radius 1 is 1.05 bits per heavy atom. The molecule has 3 rings (SSSR count). The van der Waals surface area contributed by atoms with Crippen LogP contribution >= 0.6 is 0 Å². The maximum atomic E-state index is 11.4. The molecule has 0 aromatic heterocycles. The molecule has 1 atom stereocenters. The van der Waals surface area contributed by atoms with Crippen LogP contribution in [0, 0.1) is 5.92 Å². The van der Waals surface area contributed by atoms with Crippen molar-refractivity contribution in [2.24, 2.45) is 11.7 Å². The molecule has 21 heavy (non-hydrogen) atoms. The molecule has 3 N–H and O–H groups in total. The molecule has 1 amide bonds. The molecule has 1 aliphatic carbocycles. The minimum Gasteiger partial charge on any atom is -0.326 e. The van der Waals surface area contributed by atoms with Gasteiger partial charge in [0.2, 0.25) is 5.91 Å². The van der Waals surface area contributed by atoms with Gasteiger partial charge in [-0.1, -0.05) is 44.2 Å². The normalized spacial score (nSPS) is 21.9. The monoisotopic (exact) mass is 286 g/mol. The van der Waals surface area contributed by atoms with Gasteiger partial charge in [-0.25, -0.2) is 0 Å². The zero-order valence-electron chi connectivity index (χ0n) is 12.7. The second-order valence-corrected chi connectivity index (χ2v) is 6.60. The van der Waals surface area contributed by atoms with Gasteiger partial charge >= 0.3 is 0 Å². The quantitative estimate of drug-likeness (QED) is 0.865. The van der Waals surface area contributed by atoms with Crippen LogP contribution in [-0.2, 0) is 11.2 Å². The number of anilines is 1. The van der Waals surface area contributed by atoms with Gasteiger partial charge in [-0.05, 0) is 42.4 Å². The maximum absolute atomic E-state index is 11.4. The molecule has 1 unspecified atom stereocenters. The van der Waals surface area contributed by atoms with Gasteiger partial charge in [0.25, 0.3) is 0 Å². The highest BCUT2D eigenvalue weighted by Gasteiger charge is 2.22. The van der Waals surface area contributed by atoms with E-state index in [1.54, 1.807) is 0 Å². The Bertz CT molecular complexity index is 504. The third kappa shape index (κ3) is 3.46. The number of hydrogen-bond acceptors (Lipinski definition) is 2. The molecular weight excluding hydrogens is 260 g/mol. The Balaban J connectivity index is 1.74. The number of benzene rings is 1. The highest BCUT2D eigenvalue weighted by molar-refractivity contribution is 5.93. The van der Waals surface area contributed by atoms with Gasteiger partial charge in [0.05, 0.1) is 0 Å². The summed E-state index contributed by atoms with van der Waals surface area (Å²) in [5.74, 6) is 0.737. The number of amides is 1. The first-order valence-corrected chi connectivity index (χ1v) is 8.42. The van der Waals surface area contributed by atoms with Crippen molar-refractivity contribution in [1.82, 2.24) is 0 Å². The molecule has 3 heteroatoms. The van der Waals surface area contributed by atoms with E-state index in [-0.39, 0.29) is 11.9 Å². The van der Waals surface area contributed by atoms with E-state index in [0.29, 0.717) is 12.3 Å². The van der Waals surface area contributed by atoms with Crippen molar-refractivity contribution in [3.63, 3.8) is 0 Å². The summed E-state index contributed by atoms with van der Waals surface area (Å²) in [7, 11) is 0. The number of carbonyl (C=O) groups is 1. The molecule has 0 radical (unpaired) electrons. The Morgan fingerprint density at radius 2 is 1.76 bits per heavy atom. The van der Waals surface area contributed by atoms with Crippen molar-refractivity contribution in [1.29, 1.82) is 0 Å². The largest absolute Gasteiger partial charge is 0.326 e. The molecule has 1 aliphatic heterocycles. The molecule has 1 aromatic rings. The van der Waals surface area contributed by atoms with Crippen molar-refractivity contribution >= 4 is 11.6 Å². The Labute approximate surface area is 127 Å². The lowest BCUT2D eigenvalue weighted by Gasteiger charge is -2.27. The first-order chi connectivity index (χ1) is 10.2. The van der Waals surface area contributed by atoms with Gasteiger partial charge in [0.1, 0.15) is 0 Å². The SMILES string of the molecule is NC(c1ccc2c(c1)CCC(=O)N2)C1CCCCCCC1. The Kier molecular flexibility index (Phi) is 4.59. The summed E-state index contributed by atoms with van der Waals surface area (Å²) in [5, 5.41) is 2.94. The summed E-state index contributed by atoms with van der Waals surface area (Å²) in [5.41, 5.74) is 10.0. The second-order valence-electron chi connectivity index (χ2n) is 6.60. The third-order valence-electron chi connectivity index (χ3n) is 5.07. The zero-order chi connectivity index (χ0) is 14.7. The van der Waals surface area contributed by atoms with Crippen molar-refractivity contribution in [3.05, 3.63) is 29.3 Å². The van der Waals surface area contributed by atoms with E-state index >= 15 is 0 Å². The van der Waals surface area contributed by atoms with Gasteiger partial charge in [-0.3, -0.25) is 4.79 Å². The van der Waals surface area contributed by atoms with E-state index in [1.165, 1.54) is 56.1 Å². The van der Waals surface area contributed by atoms with Gasteiger partial charge in [-0.2, -0.15) is 0 Å². The zero-order valence-corrected chi connectivity index (χ0v) is 12.7. The lowest BCUT2D eigenvalue weighted by atomic mass is 9.82. The number of nitrogens with two attached hydrogens (primary N) is 1. The number of carbonyl (C=O) groups excluding carboxylic acids is 1. The van der Waals surface area contributed by atoms with Gasteiger partial charge in [-0.15, -0.1) is 0 Å². The molecule has 114 valence electrons. The minimum absolute atomic E-state index is 0.125. The number of fused-ring (bicyclic) bond motifs is 1. The van der Waals surface area contributed by atoms with Crippen LogP contribution in [0.4, 0.5) is 5.69 Å². The molecule has 3 nitrogen and oxygen atoms in total. The van der Waals surface area contributed by atoms with Crippen LogP contribution in [0.1, 0.15) is 68.5 Å². The number of nitrogens with one attached hydrogen (secondary N) is 1. The fraction of sp³-hybridized carbons (Fsp3) is 0.611. The van der Waals surface area contributed by atoms with Crippen molar-refractivity contribution in [2.75, 3.05) is 5.32 Å². The van der Waals surface area contributed by atoms with Crippen LogP contribution in [0.5, 0.6) is 0 Å². The van der Waals surface area contributed by atoms with E-state index in [4.69, 9.17) is 5.73 Å². The molecule has 2 aliphatic rings. The lowest BCUT2D eigenvalue weighted by Crippen LogP contribution is -2.24.